The normalized spacial score (nSPS) is 12.5. The van der Waals surface area contributed by atoms with E-state index in [4.69, 9.17) is 0 Å². The van der Waals surface area contributed by atoms with Gasteiger partial charge in [0.05, 0.1) is 18.0 Å². The molecule has 0 radical (unpaired) electrons. The Morgan fingerprint density at radius 2 is 1.73 bits per heavy atom. The number of anilines is 1. The van der Waals surface area contributed by atoms with E-state index in [9.17, 15) is 13.2 Å². The molecule has 0 saturated carbocycles. The zero-order valence-electron chi connectivity index (χ0n) is 16.1. The van der Waals surface area contributed by atoms with Gasteiger partial charge in [-0.1, -0.05) is 24.3 Å². The summed E-state index contributed by atoms with van der Waals surface area (Å²) in [7, 11) is -1.91. The zero-order chi connectivity index (χ0) is 19.6. The van der Waals surface area contributed by atoms with Crippen LogP contribution in [0.2, 0.25) is 0 Å². The summed E-state index contributed by atoms with van der Waals surface area (Å²) in [6.45, 7) is 7.79. The Kier molecular flexibility index (Phi) is 5.76. The molecule has 0 aliphatic carbocycles. The maximum Gasteiger partial charge on any atom is 0.252 e. The molecule has 2 rings (SSSR count). The van der Waals surface area contributed by atoms with Crippen molar-refractivity contribution in [2.75, 3.05) is 17.6 Å². The first-order valence-electron chi connectivity index (χ1n) is 8.44. The molecule has 0 unspecified atom stereocenters. The summed E-state index contributed by atoms with van der Waals surface area (Å²) in [6.07, 6.45) is 1.14. The fourth-order valence-corrected chi connectivity index (χ4v) is 3.34. The van der Waals surface area contributed by atoms with Crippen LogP contribution in [-0.2, 0) is 10.0 Å². The molecular weight excluding hydrogens is 348 g/mol. The number of aryl methyl sites for hydroxylation is 2. The molecule has 2 aromatic rings. The Bertz CT molecular complexity index is 936. The average Bonchev–Trinajstić information content (AvgIpc) is 2.55. The minimum Gasteiger partial charge on any atom is -0.346 e. The van der Waals surface area contributed by atoms with Gasteiger partial charge in [0.25, 0.3) is 5.91 Å². The van der Waals surface area contributed by atoms with E-state index in [1.165, 1.54) is 22.5 Å². The summed E-state index contributed by atoms with van der Waals surface area (Å²) in [5.41, 5.74) is 5.01. The molecule has 1 atom stereocenters. The molecule has 0 heterocycles. The maximum atomic E-state index is 12.7. The summed E-state index contributed by atoms with van der Waals surface area (Å²) in [5, 5.41) is 3.00. The van der Waals surface area contributed by atoms with Crippen LogP contribution in [0.4, 0.5) is 5.69 Å². The summed E-state index contributed by atoms with van der Waals surface area (Å²) < 4.78 is 24.8. The molecular formula is C20H26N2O3S. The smallest absolute Gasteiger partial charge is 0.252 e. The first-order valence-corrected chi connectivity index (χ1v) is 10.3. The fraction of sp³-hybridized carbons (Fsp3) is 0.350. The number of benzene rings is 2. The topological polar surface area (TPSA) is 66.5 Å². The van der Waals surface area contributed by atoms with Crippen molar-refractivity contribution in [1.29, 1.82) is 0 Å². The highest BCUT2D eigenvalue weighted by molar-refractivity contribution is 7.92. The third-order valence-corrected chi connectivity index (χ3v) is 5.96. The van der Waals surface area contributed by atoms with Crippen molar-refractivity contribution in [1.82, 2.24) is 5.32 Å². The minimum atomic E-state index is -3.39. The Labute approximate surface area is 156 Å². The summed E-state index contributed by atoms with van der Waals surface area (Å²) in [5.74, 6) is -0.225. The van der Waals surface area contributed by atoms with E-state index in [1.54, 1.807) is 25.1 Å². The number of nitrogens with one attached hydrogen (secondary N) is 1. The number of carbonyl (C=O) groups is 1. The van der Waals surface area contributed by atoms with Gasteiger partial charge in [0.15, 0.2) is 0 Å². The number of sulfonamides is 1. The van der Waals surface area contributed by atoms with E-state index in [0.29, 0.717) is 16.8 Å². The highest BCUT2D eigenvalue weighted by Crippen LogP contribution is 2.25. The van der Waals surface area contributed by atoms with Crippen LogP contribution in [0.5, 0.6) is 0 Å². The second kappa shape index (κ2) is 7.50. The lowest BCUT2D eigenvalue weighted by atomic mass is 10.0. The van der Waals surface area contributed by atoms with Crippen LogP contribution < -0.4 is 9.62 Å². The maximum absolute atomic E-state index is 12.7. The van der Waals surface area contributed by atoms with E-state index < -0.39 is 10.0 Å². The lowest BCUT2D eigenvalue weighted by Crippen LogP contribution is -2.29. The zero-order valence-corrected chi connectivity index (χ0v) is 16.9. The van der Waals surface area contributed by atoms with Crippen molar-refractivity contribution in [3.05, 3.63) is 64.2 Å². The molecule has 0 bridgehead atoms. The fourth-order valence-electron chi connectivity index (χ4n) is 2.78. The van der Waals surface area contributed by atoms with Crippen LogP contribution in [0, 0.1) is 20.8 Å². The molecule has 0 spiro atoms. The Balaban J connectivity index is 2.28. The second-order valence-corrected chi connectivity index (χ2v) is 8.73. The third kappa shape index (κ3) is 4.25. The van der Waals surface area contributed by atoms with Gasteiger partial charge in [-0.05, 0) is 62.1 Å². The Morgan fingerprint density at radius 3 is 2.31 bits per heavy atom. The molecule has 6 heteroatoms. The molecule has 2 aromatic carbocycles. The van der Waals surface area contributed by atoms with Gasteiger partial charge in [-0.15, -0.1) is 0 Å². The van der Waals surface area contributed by atoms with E-state index >= 15 is 0 Å². The van der Waals surface area contributed by atoms with Gasteiger partial charge in [-0.2, -0.15) is 0 Å². The molecule has 0 aliphatic heterocycles. The van der Waals surface area contributed by atoms with Gasteiger partial charge >= 0.3 is 0 Å². The lowest BCUT2D eigenvalue weighted by Gasteiger charge is -2.21. The van der Waals surface area contributed by atoms with Crippen molar-refractivity contribution in [2.24, 2.45) is 0 Å². The van der Waals surface area contributed by atoms with E-state index in [-0.39, 0.29) is 11.9 Å². The second-order valence-electron chi connectivity index (χ2n) is 6.72. The van der Waals surface area contributed by atoms with Crippen LogP contribution in [0.15, 0.2) is 36.4 Å². The largest absolute Gasteiger partial charge is 0.346 e. The van der Waals surface area contributed by atoms with Crippen molar-refractivity contribution in [3.8, 4) is 0 Å². The lowest BCUT2D eigenvalue weighted by molar-refractivity contribution is 0.0939. The van der Waals surface area contributed by atoms with Gasteiger partial charge in [0.1, 0.15) is 0 Å². The Hall–Kier alpha value is -2.34. The average molecular weight is 375 g/mol. The summed E-state index contributed by atoms with van der Waals surface area (Å²) >= 11 is 0. The van der Waals surface area contributed by atoms with Crippen LogP contribution in [0.1, 0.15) is 45.6 Å². The number of nitrogens with zero attached hydrogens (tertiary/aromatic N) is 1. The van der Waals surface area contributed by atoms with Gasteiger partial charge < -0.3 is 5.32 Å². The van der Waals surface area contributed by atoms with Crippen molar-refractivity contribution < 1.29 is 13.2 Å². The predicted molar refractivity (Wildman–Crippen MR) is 106 cm³/mol. The number of hydrogen-bond donors (Lipinski definition) is 1. The third-order valence-electron chi connectivity index (χ3n) is 4.77. The number of carbonyl (C=O) groups excluding carboxylic acids is 1. The molecule has 5 nitrogen and oxygen atoms in total. The number of hydrogen-bond acceptors (Lipinski definition) is 3. The summed E-state index contributed by atoms with van der Waals surface area (Å²) in [4.78, 5) is 12.7. The molecule has 140 valence electrons. The predicted octanol–water partition coefficient (Wildman–Crippen LogP) is 3.50. The highest BCUT2D eigenvalue weighted by atomic mass is 32.2. The number of amides is 1. The molecule has 0 fully saturated rings. The first kappa shape index (κ1) is 20.0. The van der Waals surface area contributed by atoms with Crippen molar-refractivity contribution in [3.63, 3.8) is 0 Å². The van der Waals surface area contributed by atoms with Crippen molar-refractivity contribution >= 4 is 21.6 Å². The van der Waals surface area contributed by atoms with Crippen LogP contribution in [-0.4, -0.2) is 27.6 Å². The van der Waals surface area contributed by atoms with E-state index in [1.807, 2.05) is 26.0 Å². The molecule has 1 amide bonds. The van der Waals surface area contributed by atoms with E-state index in [2.05, 4.69) is 18.3 Å². The number of rotatable bonds is 5. The highest BCUT2D eigenvalue weighted by Gasteiger charge is 2.19. The standard InChI is InChI=1S/C20H26N2O3S/c1-13-10-11-17(12-14(13)2)16(4)21-20(23)18-8-7-9-19(15(18)3)22(5)26(6,24)25/h7-12,16H,1-6H3,(H,21,23)/t16-/m0/s1. The molecule has 0 saturated heterocycles. The van der Waals surface area contributed by atoms with Crippen LogP contribution >= 0.6 is 0 Å². The molecule has 0 aliphatic rings. The van der Waals surface area contributed by atoms with Crippen LogP contribution in [0.25, 0.3) is 0 Å². The van der Waals surface area contributed by atoms with E-state index in [0.717, 1.165) is 11.8 Å². The minimum absolute atomic E-state index is 0.155. The first-order chi connectivity index (χ1) is 12.0. The van der Waals surface area contributed by atoms with Gasteiger partial charge in [-0.25, -0.2) is 8.42 Å². The van der Waals surface area contributed by atoms with Gasteiger partial charge in [0.2, 0.25) is 10.0 Å². The van der Waals surface area contributed by atoms with Gasteiger partial charge in [-0.3, -0.25) is 9.10 Å². The molecule has 26 heavy (non-hydrogen) atoms. The van der Waals surface area contributed by atoms with Crippen LogP contribution in [0.3, 0.4) is 0 Å². The quantitative estimate of drug-likeness (QED) is 0.871. The SMILES string of the molecule is Cc1ccc([C@H](C)NC(=O)c2cccc(N(C)S(C)(=O)=O)c2C)cc1C. The van der Waals surface area contributed by atoms with Gasteiger partial charge in [0, 0.05) is 12.6 Å². The molecule has 1 N–H and O–H groups in total. The summed E-state index contributed by atoms with van der Waals surface area (Å²) in [6, 6.07) is 11.1. The monoisotopic (exact) mass is 374 g/mol. The molecule has 0 aromatic heterocycles. The Morgan fingerprint density at radius 1 is 1.08 bits per heavy atom. The van der Waals surface area contributed by atoms with Crippen molar-refractivity contribution in [2.45, 2.75) is 33.7 Å².